The van der Waals surface area contributed by atoms with Crippen LogP contribution in [0.5, 0.6) is 11.5 Å². The van der Waals surface area contributed by atoms with Crippen molar-refractivity contribution >= 4 is 5.91 Å². The molecular formula is C17H18N2O4. The molecule has 1 aromatic carbocycles. The number of hydrogen-bond donors (Lipinski definition) is 1. The van der Waals surface area contributed by atoms with Gasteiger partial charge in [-0.1, -0.05) is 12.1 Å². The molecule has 0 aliphatic carbocycles. The minimum atomic E-state index is -0.0966. The number of aryl methyl sites for hydroxylation is 1. The Morgan fingerprint density at radius 2 is 2.04 bits per heavy atom. The number of nitrogens with one attached hydrogen (secondary N) is 1. The topological polar surface area (TPSA) is 69.6 Å². The highest BCUT2D eigenvalue weighted by atomic mass is 16.7. The lowest BCUT2D eigenvalue weighted by molar-refractivity contribution is -0.121. The van der Waals surface area contributed by atoms with E-state index in [0.29, 0.717) is 19.5 Å². The number of fused-ring (bicyclic) bond motifs is 1. The number of hydrogen-bond acceptors (Lipinski definition) is 4. The van der Waals surface area contributed by atoms with Gasteiger partial charge in [-0.2, -0.15) is 0 Å². The number of amides is 1. The van der Waals surface area contributed by atoms with Gasteiger partial charge in [0.1, 0.15) is 0 Å². The van der Waals surface area contributed by atoms with E-state index in [4.69, 9.17) is 9.47 Å². The second kappa shape index (κ2) is 7.00. The maximum atomic E-state index is 11.8. The predicted octanol–water partition coefficient (Wildman–Crippen LogP) is 1.33. The van der Waals surface area contributed by atoms with Crippen LogP contribution in [0.3, 0.4) is 0 Å². The standard InChI is InChI=1S/C17H18N2O4/c20-16(7-10-19-9-2-1-3-17(19)21)18-8-6-13-4-5-14-15(11-13)23-12-22-14/h1-5,9,11H,6-8,10,12H2,(H,18,20). The molecule has 1 aliphatic rings. The number of carbonyl (C=O) groups excluding carboxylic acids is 1. The molecule has 0 radical (unpaired) electrons. The molecule has 0 bridgehead atoms. The van der Waals surface area contributed by atoms with Gasteiger partial charge in [0, 0.05) is 31.8 Å². The Hall–Kier alpha value is -2.76. The number of aromatic nitrogens is 1. The number of carbonyl (C=O) groups is 1. The van der Waals surface area contributed by atoms with Gasteiger partial charge in [0.15, 0.2) is 11.5 Å². The number of rotatable bonds is 6. The Kier molecular flexibility index (Phi) is 4.61. The molecule has 0 fully saturated rings. The van der Waals surface area contributed by atoms with Gasteiger partial charge in [-0.3, -0.25) is 9.59 Å². The summed E-state index contributed by atoms with van der Waals surface area (Å²) in [4.78, 5) is 23.4. The van der Waals surface area contributed by atoms with E-state index in [2.05, 4.69) is 5.32 Å². The van der Waals surface area contributed by atoms with Crippen LogP contribution in [0.15, 0.2) is 47.4 Å². The lowest BCUT2D eigenvalue weighted by Gasteiger charge is -2.07. The molecule has 0 atom stereocenters. The quantitative estimate of drug-likeness (QED) is 0.873. The maximum Gasteiger partial charge on any atom is 0.250 e. The minimum absolute atomic E-state index is 0.0681. The van der Waals surface area contributed by atoms with Gasteiger partial charge in [0.05, 0.1) is 0 Å². The van der Waals surface area contributed by atoms with Crippen LogP contribution >= 0.6 is 0 Å². The van der Waals surface area contributed by atoms with E-state index >= 15 is 0 Å². The highest BCUT2D eigenvalue weighted by Gasteiger charge is 2.13. The van der Waals surface area contributed by atoms with Crippen molar-refractivity contribution in [2.45, 2.75) is 19.4 Å². The first-order valence-electron chi connectivity index (χ1n) is 7.53. The Labute approximate surface area is 133 Å². The van der Waals surface area contributed by atoms with Crippen LogP contribution in [0.25, 0.3) is 0 Å². The van der Waals surface area contributed by atoms with Crippen molar-refractivity contribution in [3.05, 3.63) is 58.5 Å². The predicted molar refractivity (Wildman–Crippen MR) is 84.6 cm³/mol. The summed E-state index contributed by atoms with van der Waals surface area (Å²) >= 11 is 0. The largest absolute Gasteiger partial charge is 0.454 e. The molecule has 120 valence electrons. The third-order valence-corrected chi connectivity index (χ3v) is 3.65. The zero-order chi connectivity index (χ0) is 16.1. The Morgan fingerprint density at radius 1 is 1.17 bits per heavy atom. The second-order valence-corrected chi connectivity index (χ2v) is 5.27. The molecule has 0 saturated heterocycles. The number of benzene rings is 1. The van der Waals surface area contributed by atoms with Gasteiger partial charge in [-0.25, -0.2) is 0 Å². The monoisotopic (exact) mass is 314 g/mol. The summed E-state index contributed by atoms with van der Waals surface area (Å²) in [7, 11) is 0. The molecule has 0 saturated carbocycles. The van der Waals surface area contributed by atoms with E-state index in [1.54, 1.807) is 18.3 Å². The summed E-state index contributed by atoms with van der Waals surface area (Å²) in [5.74, 6) is 1.44. The average Bonchev–Trinajstić information content (AvgIpc) is 3.02. The van der Waals surface area contributed by atoms with Gasteiger partial charge in [0.25, 0.3) is 5.56 Å². The molecule has 6 nitrogen and oxygen atoms in total. The molecule has 3 rings (SSSR count). The highest BCUT2D eigenvalue weighted by Crippen LogP contribution is 2.32. The van der Waals surface area contributed by atoms with Crippen LogP contribution in [0.1, 0.15) is 12.0 Å². The van der Waals surface area contributed by atoms with Gasteiger partial charge in [0.2, 0.25) is 12.7 Å². The van der Waals surface area contributed by atoms with Crippen LogP contribution in [0.2, 0.25) is 0 Å². The molecular weight excluding hydrogens is 296 g/mol. The van der Waals surface area contributed by atoms with E-state index in [9.17, 15) is 9.59 Å². The minimum Gasteiger partial charge on any atom is -0.454 e. The van der Waals surface area contributed by atoms with Crippen LogP contribution in [0, 0.1) is 0 Å². The first-order chi connectivity index (χ1) is 11.2. The second-order valence-electron chi connectivity index (χ2n) is 5.27. The van der Waals surface area contributed by atoms with Crippen molar-refractivity contribution in [2.24, 2.45) is 0 Å². The van der Waals surface area contributed by atoms with Crippen LogP contribution in [0.4, 0.5) is 0 Å². The fourth-order valence-electron chi connectivity index (χ4n) is 2.40. The van der Waals surface area contributed by atoms with Crippen molar-refractivity contribution in [1.82, 2.24) is 9.88 Å². The Morgan fingerprint density at radius 3 is 2.91 bits per heavy atom. The number of pyridine rings is 1. The molecule has 1 aromatic heterocycles. The zero-order valence-corrected chi connectivity index (χ0v) is 12.7. The molecule has 23 heavy (non-hydrogen) atoms. The number of nitrogens with zero attached hydrogens (tertiary/aromatic N) is 1. The fourth-order valence-corrected chi connectivity index (χ4v) is 2.40. The van der Waals surface area contributed by atoms with Gasteiger partial charge >= 0.3 is 0 Å². The van der Waals surface area contributed by atoms with Crippen molar-refractivity contribution in [3.8, 4) is 11.5 Å². The summed E-state index contributed by atoms with van der Waals surface area (Å²) in [6, 6.07) is 10.7. The van der Waals surface area contributed by atoms with Crippen molar-refractivity contribution in [1.29, 1.82) is 0 Å². The summed E-state index contributed by atoms with van der Waals surface area (Å²) in [6.07, 6.45) is 2.68. The van der Waals surface area contributed by atoms with E-state index in [0.717, 1.165) is 17.1 Å². The molecule has 1 N–H and O–H groups in total. The normalized spacial score (nSPS) is 12.2. The SMILES string of the molecule is O=C(CCn1ccccc1=O)NCCc1ccc2c(c1)OCO2. The Bertz CT molecular complexity index is 754. The smallest absolute Gasteiger partial charge is 0.250 e. The summed E-state index contributed by atoms with van der Waals surface area (Å²) in [5, 5.41) is 2.86. The van der Waals surface area contributed by atoms with E-state index in [1.807, 2.05) is 18.2 Å². The summed E-state index contributed by atoms with van der Waals surface area (Å²) in [5.41, 5.74) is 0.981. The third kappa shape index (κ3) is 3.91. The molecule has 2 aromatic rings. The fraction of sp³-hybridized carbons (Fsp3) is 0.294. The van der Waals surface area contributed by atoms with E-state index in [-0.39, 0.29) is 24.7 Å². The summed E-state index contributed by atoms with van der Waals surface area (Å²) < 4.78 is 12.1. The molecule has 2 heterocycles. The molecule has 1 amide bonds. The first-order valence-corrected chi connectivity index (χ1v) is 7.53. The van der Waals surface area contributed by atoms with E-state index < -0.39 is 0 Å². The lowest BCUT2D eigenvalue weighted by atomic mass is 10.1. The molecule has 0 unspecified atom stereocenters. The highest BCUT2D eigenvalue weighted by molar-refractivity contribution is 5.75. The average molecular weight is 314 g/mol. The lowest BCUT2D eigenvalue weighted by Crippen LogP contribution is -2.28. The number of ether oxygens (including phenoxy) is 2. The molecule has 0 spiro atoms. The van der Waals surface area contributed by atoms with Crippen LogP contribution in [-0.4, -0.2) is 23.8 Å². The van der Waals surface area contributed by atoms with Gasteiger partial charge in [-0.05, 0) is 30.2 Å². The Balaban J connectivity index is 1.43. The van der Waals surface area contributed by atoms with Gasteiger partial charge in [-0.15, -0.1) is 0 Å². The maximum absolute atomic E-state index is 11.8. The van der Waals surface area contributed by atoms with Crippen molar-refractivity contribution in [2.75, 3.05) is 13.3 Å². The van der Waals surface area contributed by atoms with E-state index in [1.165, 1.54) is 10.6 Å². The van der Waals surface area contributed by atoms with Crippen LogP contribution in [-0.2, 0) is 17.8 Å². The first kappa shape index (κ1) is 15.1. The van der Waals surface area contributed by atoms with Crippen molar-refractivity contribution in [3.63, 3.8) is 0 Å². The third-order valence-electron chi connectivity index (χ3n) is 3.65. The van der Waals surface area contributed by atoms with Gasteiger partial charge < -0.3 is 19.4 Å². The van der Waals surface area contributed by atoms with Crippen molar-refractivity contribution < 1.29 is 14.3 Å². The summed E-state index contributed by atoms with van der Waals surface area (Å²) in [6.45, 7) is 1.19. The molecule has 6 heteroatoms. The zero-order valence-electron chi connectivity index (χ0n) is 12.7. The van der Waals surface area contributed by atoms with Crippen LogP contribution < -0.4 is 20.3 Å². The molecule has 1 aliphatic heterocycles.